The molecule has 1 aliphatic carbocycles. The van der Waals surface area contributed by atoms with Gasteiger partial charge >= 0.3 is 0 Å². The van der Waals surface area contributed by atoms with Gasteiger partial charge in [-0.25, -0.2) is 4.98 Å². The third-order valence-corrected chi connectivity index (χ3v) is 5.27. The van der Waals surface area contributed by atoms with Crippen molar-refractivity contribution in [3.8, 4) is 0 Å². The van der Waals surface area contributed by atoms with Crippen LogP contribution in [0.5, 0.6) is 0 Å². The van der Waals surface area contributed by atoms with Gasteiger partial charge in [0.15, 0.2) is 0 Å². The van der Waals surface area contributed by atoms with Crippen LogP contribution >= 0.6 is 0 Å². The van der Waals surface area contributed by atoms with E-state index in [1.165, 1.54) is 17.7 Å². The first-order chi connectivity index (χ1) is 12.8. The zero-order valence-corrected chi connectivity index (χ0v) is 15.1. The molecule has 135 valence electrons. The molecule has 0 bridgehead atoms. The number of unbranched alkanes of at least 4 members (excludes halogenated alkanes) is 1. The smallest absolute Gasteiger partial charge is 0.121 e. The van der Waals surface area contributed by atoms with E-state index in [9.17, 15) is 0 Å². The van der Waals surface area contributed by atoms with Crippen LogP contribution in [0.1, 0.15) is 48.8 Å². The molecule has 0 spiro atoms. The van der Waals surface area contributed by atoms with Crippen LogP contribution in [-0.2, 0) is 13.0 Å². The highest BCUT2D eigenvalue weighted by atomic mass is 15.2. The van der Waals surface area contributed by atoms with E-state index in [1.54, 1.807) is 0 Å². The highest BCUT2D eigenvalue weighted by Gasteiger charge is 2.27. The Bertz CT molecular complexity index is 823. The van der Waals surface area contributed by atoms with Crippen molar-refractivity contribution in [3.05, 3.63) is 59.7 Å². The van der Waals surface area contributed by atoms with E-state index in [2.05, 4.69) is 28.1 Å². The summed E-state index contributed by atoms with van der Waals surface area (Å²) in [5, 5.41) is 0. The van der Waals surface area contributed by atoms with Gasteiger partial charge in [-0.2, -0.15) is 0 Å². The van der Waals surface area contributed by atoms with E-state index in [-0.39, 0.29) is 0 Å². The Hall–Kier alpha value is -2.24. The van der Waals surface area contributed by atoms with Crippen molar-refractivity contribution in [1.82, 2.24) is 25.6 Å². The standard InChI is InChI=1S/C21H26N5/c22-12-3-4-14-26(15-20-24-17-9-1-2-10-18(17)25-20)19-11-5-7-16-8-6-13-23-21(16)19/h1-2,6,8-10,13,19,22H,3-5,7,11-12,14-15H2,(H,24,25). The maximum Gasteiger partial charge on any atom is 0.121 e. The number of nitrogens with zero attached hydrogens (tertiary/aromatic N) is 3. The lowest BCUT2D eigenvalue weighted by atomic mass is 9.90. The number of imidazole rings is 1. The van der Waals surface area contributed by atoms with E-state index in [0.29, 0.717) is 12.6 Å². The van der Waals surface area contributed by atoms with Gasteiger partial charge in [0, 0.05) is 12.7 Å². The third kappa shape index (κ3) is 3.64. The van der Waals surface area contributed by atoms with Crippen molar-refractivity contribution in [2.24, 2.45) is 0 Å². The summed E-state index contributed by atoms with van der Waals surface area (Å²) in [5.41, 5.74) is 12.2. The van der Waals surface area contributed by atoms with Gasteiger partial charge < -0.3 is 4.98 Å². The normalized spacial score (nSPS) is 16.9. The molecule has 5 nitrogen and oxygen atoms in total. The summed E-state index contributed by atoms with van der Waals surface area (Å²) < 4.78 is 0. The van der Waals surface area contributed by atoms with Gasteiger partial charge in [0.05, 0.1) is 29.3 Å². The molecule has 1 atom stereocenters. The van der Waals surface area contributed by atoms with Crippen LogP contribution in [0, 0.1) is 0 Å². The molecular formula is C21H26N5. The van der Waals surface area contributed by atoms with Crippen molar-refractivity contribution >= 4 is 11.0 Å². The summed E-state index contributed by atoms with van der Waals surface area (Å²) in [6.45, 7) is 2.28. The van der Waals surface area contributed by atoms with Crippen molar-refractivity contribution in [2.45, 2.75) is 44.7 Å². The molecule has 1 radical (unpaired) electrons. The summed E-state index contributed by atoms with van der Waals surface area (Å²) in [6, 6.07) is 12.8. The molecular weight excluding hydrogens is 322 g/mol. The van der Waals surface area contributed by atoms with Crippen LogP contribution < -0.4 is 5.73 Å². The fourth-order valence-corrected chi connectivity index (χ4v) is 4.00. The van der Waals surface area contributed by atoms with Crippen molar-refractivity contribution in [2.75, 3.05) is 13.1 Å². The number of hydrogen-bond acceptors (Lipinski definition) is 3. The first-order valence-corrected chi connectivity index (χ1v) is 9.61. The first-order valence-electron chi connectivity index (χ1n) is 9.61. The number of benzene rings is 1. The summed E-state index contributed by atoms with van der Waals surface area (Å²) in [4.78, 5) is 15.5. The van der Waals surface area contributed by atoms with E-state index in [4.69, 9.17) is 15.7 Å². The first kappa shape index (κ1) is 17.2. The van der Waals surface area contributed by atoms with Crippen LogP contribution in [0.3, 0.4) is 0 Å². The second-order valence-electron chi connectivity index (χ2n) is 7.08. The monoisotopic (exact) mass is 348 g/mol. The number of rotatable bonds is 7. The van der Waals surface area contributed by atoms with Crippen LogP contribution in [0.4, 0.5) is 0 Å². The van der Waals surface area contributed by atoms with Crippen LogP contribution in [0.2, 0.25) is 0 Å². The highest BCUT2D eigenvalue weighted by Crippen LogP contribution is 2.33. The molecule has 26 heavy (non-hydrogen) atoms. The van der Waals surface area contributed by atoms with E-state index < -0.39 is 0 Å². The average molecular weight is 348 g/mol. The molecule has 1 aromatic carbocycles. The van der Waals surface area contributed by atoms with Crippen LogP contribution in [0.15, 0.2) is 42.6 Å². The number of hydrogen-bond donors (Lipinski definition) is 1. The molecule has 2 aromatic heterocycles. The largest absolute Gasteiger partial charge is 0.341 e. The van der Waals surface area contributed by atoms with Crippen molar-refractivity contribution in [1.29, 1.82) is 0 Å². The van der Waals surface area contributed by atoms with Gasteiger partial charge in [-0.05, 0) is 62.4 Å². The minimum Gasteiger partial charge on any atom is -0.341 e. The summed E-state index contributed by atoms with van der Waals surface area (Å²) >= 11 is 0. The molecule has 3 aromatic rings. The molecule has 2 N–H and O–H groups in total. The predicted octanol–water partition coefficient (Wildman–Crippen LogP) is 3.90. The van der Waals surface area contributed by atoms with E-state index >= 15 is 0 Å². The average Bonchev–Trinajstić information content (AvgIpc) is 3.09. The third-order valence-electron chi connectivity index (χ3n) is 5.27. The molecule has 4 rings (SSSR count). The molecule has 1 unspecified atom stereocenters. The molecule has 0 saturated heterocycles. The maximum atomic E-state index is 7.45. The lowest BCUT2D eigenvalue weighted by molar-refractivity contribution is 0.159. The lowest BCUT2D eigenvalue weighted by Crippen LogP contribution is -2.33. The summed E-state index contributed by atoms with van der Waals surface area (Å²) in [7, 11) is 0. The molecule has 1 aliphatic rings. The minimum absolute atomic E-state index is 0.346. The summed E-state index contributed by atoms with van der Waals surface area (Å²) in [5.74, 6) is 1.01. The fourth-order valence-electron chi connectivity index (χ4n) is 4.00. The fraction of sp³-hybridized carbons (Fsp3) is 0.429. The van der Waals surface area contributed by atoms with Gasteiger partial charge in [0.25, 0.3) is 0 Å². The number of fused-ring (bicyclic) bond motifs is 2. The zero-order chi connectivity index (χ0) is 17.8. The van der Waals surface area contributed by atoms with Gasteiger partial charge in [-0.3, -0.25) is 15.6 Å². The second kappa shape index (κ2) is 7.98. The number of aromatic amines is 1. The number of pyridine rings is 1. The quantitative estimate of drug-likeness (QED) is 0.658. The summed E-state index contributed by atoms with van der Waals surface area (Å²) in [6.07, 6.45) is 7.38. The second-order valence-corrected chi connectivity index (χ2v) is 7.08. The molecule has 0 fully saturated rings. The molecule has 0 aliphatic heterocycles. The van der Waals surface area contributed by atoms with Crippen molar-refractivity contribution in [3.63, 3.8) is 0 Å². The maximum absolute atomic E-state index is 7.45. The Balaban J connectivity index is 1.60. The van der Waals surface area contributed by atoms with Crippen LogP contribution in [-0.4, -0.2) is 32.9 Å². The van der Waals surface area contributed by atoms with Gasteiger partial charge in [-0.15, -0.1) is 0 Å². The van der Waals surface area contributed by atoms with E-state index in [0.717, 1.165) is 55.6 Å². The topological polar surface area (TPSA) is 68.6 Å². The van der Waals surface area contributed by atoms with Crippen molar-refractivity contribution < 1.29 is 0 Å². The molecule has 0 saturated carbocycles. The Morgan fingerprint density at radius 1 is 1.15 bits per heavy atom. The number of para-hydroxylation sites is 2. The minimum atomic E-state index is 0.346. The highest BCUT2D eigenvalue weighted by molar-refractivity contribution is 5.74. The van der Waals surface area contributed by atoms with Crippen LogP contribution in [0.25, 0.3) is 11.0 Å². The SMILES string of the molecule is [NH]CCCCN(Cc1nc2ccccc2[nH]1)C1CCCc2cccnc21. The Labute approximate surface area is 154 Å². The Kier molecular flexibility index (Phi) is 5.27. The Morgan fingerprint density at radius 2 is 2.08 bits per heavy atom. The van der Waals surface area contributed by atoms with Gasteiger partial charge in [0.1, 0.15) is 5.82 Å². The molecule has 5 heteroatoms. The zero-order valence-electron chi connectivity index (χ0n) is 15.1. The molecule has 0 amide bonds. The number of nitrogens with one attached hydrogen (secondary N) is 2. The number of aryl methyl sites for hydroxylation is 1. The molecule has 2 heterocycles. The number of H-pyrrole nitrogens is 1. The van der Waals surface area contributed by atoms with Gasteiger partial charge in [-0.1, -0.05) is 18.2 Å². The number of aromatic nitrogens is 3. The van der Waals surface area contributed by atoms with Gasteiger partial charge in [0.2, 0.25) is 0 Å². The van der Waals surface area contributed by atoms with E-state index in [1.807, 2.05) is 24.4 Å². The lowest BCUT2D eigenvalue weighted by Gasteiger charge is -2.34. The Morgan fingerprint density at radius 3 is 2.96 bits per heavy atom. The predicted molar refractivity (Wildman–Crippen MR) is 104 cm³/mol.